The molecule has 0 spiro atoms. The van der Waals surface area contributed by atoms with Crippen molar-refractivity contribution < 1.29 is 0 Å². The van der Waals surface area contributed by atoms with Crippen LogP contribution in [0, 0.1) is 5.92 Å². The standard InChI is InChI=1S/C10H15BrClN3/c1-7(2)4-5-15(3)10-8(11)9(12)13-6-14-10/h6-7H,4-5H2,1-3H3. The van der Waals surface area contributed by atoms with E-state index < -0.39 is 0 Å². The van der Waals surface area contributed by atoms with Crippen LogP contribution in [0.5, 0.6) is 0 Å². The second-order valence-corrected chi connectivity index (χ2v) is 5.06. The molecule has 0 unspecified atom stereocenters. The molecule has 0 fully saturated rings. The third kappa shape index (κ3) is 3.61. The van der Waals surface area contributed by atoms with Gasteiger partial charge in [-0.2, -0.15) is 0 Å². The minimum atomic E-state index is 0.455. The van der Waals surface area contributed by atoms with Gasteiger partial charge in [0.05, 0.1) is 4.47 Å². The minimum absolute atomic E-state index is 0.455. The Hall–Kier alpha value is -0.350. The Morgan fingerprint density at radius 1 is 1.47 bits per heavy atom. The van der Waals surface area contributed by atoms with Crippen molar-refractivity contribution in [2.75, 3.05) is 18.5 Å². The quantitative estimate of drug-likeness (QED) is 0.797. The molecule has 5 heteroatoms. The zero-order valence-electron chi connectivity index (χ0n) is 9.17. The van der Waals surface area contributed by atoms with Crippen molar-refractivity contribution in [2.24, 2.45) is 5.92 Å². The van der Waals surface area contributed by atoms with Gasteiger partial charge >= 0.3 is 0 Å². The van der Waals surface area contributed by atoms with Crippen molar-refractivity contribution in [1.82, 2.24) is 9.97 Å². The minimum Gasteiger partial charge on any atom is -0.359 e. The third-order valence-electron chi connectivity index (χ3n) is 2.13. The predicted octanol–water partition coefficient (Wildman–Crippen LogP) is 3.37. The molecule has 1 rings (SSSR count). The van der Waals surface area contributed by atoms with Gasteiger partial charge in [-0.05, 0) is 28.3 Å². The highest BCUT2D eigenvalue weighted by molar-refractivity contribution is 9.10. The number of nitrogens with zero attached hydrogens (tertiary/aromatic N) is 3. The Morgan fingerprint density at radius 2 is 2.13 bits per heavy atom. The summed E-state index contributed by atoms with van der Waals surface area (Å²) >= 11 is 9.29. The van der Waals surface area contributed by atoms with Gasteiger partial charge in [0.1, 0.15) is 17.3 Å². The summed E-state index contributed by atoms with van der Waals surface area (Å²) in [6.45, 7) is 5.37. The molecular formula is C10H15BrClN3. The number of anilines is 1. The zero-order valence-corrected chi connectivity index (χ0v) is 11.5. The van der Waals surface area contributed by atoms with Crippen molar-refractivity contribution in [3.05, 3.63) is 16.0 Å². The maximum Gasteiger partial charge on any atom is 0.148 e. The molecule has 0 aliphatic rings. The van der Waals surface area contributed by atoms with Crippen LogP contribution < -0.4 is 4.90 Å². The fourth-order valence-electron chi connectivity index (χ4n) is 1.16. The third-order valence-corrected chi connectivity index (χ3v) is 3.38. The molecule has 0 saturated heterocycles. The molecule has 0 radical (unpaired) electrons. The van der Waals surface area contributed by atoms with Crippen LogP contribution in [0.15, 0.2) is 10.8 Å². The Morgan fingerprint density at radius 3 is 2.73 bits per heavy atom. The smallest absolute Gasteiger partial charge is 0.148 e. The number of aromatic nitrogens is 2. The highest BCUT2D eigenvalue weighted by Crippen LogP contribution is 2.28. The monoisotopic (exact) mass is 291 g/mol. The second kappa shape index (κ2) is 5.66. The Labute approximate surface area is 104 Å². The van der Waals surface area contributed by atoms with E-state index in [0.717, 1.165) is 23.3 Å². The van der Waals surface area contributed by atoms with E-state index in [9.17, 15) is 0 Å². The molecule has 3 nitrogen and oxygen atoms in total. The second-order valence-electron chi connectivity index (χ2n) is 3.91. The highest BCUT2D eigenvalue weighted by atomic mass is 79.9. The van der Waals surface area contributed by atoms with Gasteiger partial charge in [0.25, 0.3) is 0 Å². The molecule has 84 valence electrons. The molecule has 1 heterocycles. The lowest BCUT2D eigenvalue weighted by Crippen LogP contribution is -2.21. The van der Waals surface area contributed by atoms with Gasteiger partial charge in [-0.3, -0.25) is 0 Å². The van der Waals surface area contributed by atoms with Crippen molar-refractivity contribution in [3.8, 4) is 0 Å². The molecule has 0 amide bonds. The van der Waals surface area contributed by atoms with E-state index in [2.05, 4.69) is 44.6 Å². The van der Waals surface area contributed by atoms with E-state index in [1.54, 1.807) is 0 Å². The van der Waals surface area contributed by atoms with Crippen molar-refractivity contribution in [1.29, 1.82) is 0 Å². The van der Waals surface area contributed by atoms with Crippen LogP contribution >= 0.6 is 27.5 Å². The van der Waals surface area contributed by atoms with E-state index in [4.69, 9.17) is 11.6 Å². The Balaban J connectivity index is 2.73. The van der Waals surface area contributed by atoms with Crippen LogP contribution in [-0.2, 0) is 0 Å². The van der Waals surface area contributed by atoms with Gasteiger partial charge in [-0.1, -0.05) is 25.4 Å². The van der Waals surface area contributed by atoms with Gasteiger partial charge in [0, 0.05) is 13.6 Å². The summed E-state index contributed by atoms with van der Waals surface area (Å²) in [5, 5.41) is 0.455. The number of halogens is 2. The average Bonchev–Trinajstić information content (AvgIpc) is 2.18. The summed E-state index contributed by atoms with van der Waals surface area (Å²) in [7, 11) is 2.01. The van der Waals surface area contributed by atoms with Crippen LogP contribution in [0.2, 0.25) is 5.15 Å². The van der Waals surface area contributed by atoms with E-state index in [1.165, 1.54) is 6.33 Å². The molecule has 15 heavy (non-hydrogen) atoms. The van der Waals surface area contributed by atoms with Gasteiger partial charge in [0.15, 0.2) is 0 Å². The number of hydrogen-bond donors (Lipinski definition) is 0. The molecule has 0 aromatic carbocycles. The normalized spacial score (nSPS) is 10.8. The van der Waals surface area contributed by atoms with Gasteiger partial charge < -0.3 is 4.90 Å². The summed E-state index contributed by atoms with van der Waals surface area (Å²) in [5.74, 6) is 1.53. The summed E-state index contributed by atoms with van der Waals surface area (Å²) in [5.41, 5.74) is 0. The maximum atomic E-state index is 5.90. The van der Waals surface area contributed by atoms with Gasteiger partial charge in [0.2, 0.25) is 0 Å². The lowest BCUT2D eigenvalue weighted by atomic mass is 10.1. The Kier molecular flexibility index (Phi) is 4.80. The first-order valence-corrected chi connectivity index (χ1v) is 6.06. The fourth-order valence-corrected chi connectivity index (χ4v) is 1.80. The van der Waals surface area contributed by atoms with E-state index in [-0.39, 0.29) is 0 Å². The number of hydrogen-bond acceptors (Lipinski definition) is 3. The van der Waals surface area contributed by atoms with Crippen molar-refractivity contribution in [2.45, 2.75) is 20.3 Å². The summed E-state index contributed by atoms with van der Waals surface area (Å²) in [6, 6.07) is 0. The molecule has 1 aromatic heterocycles. The van der Waals surface area contributed by atoms with Gasteiger partial charge in [-0.15, -0.1) is 0 Å². The molecule has 0 aliphatic heterocycles. The van der Waals surface area contributed by atoms with E-state index >= 15 is 0 Å². The number of rotatable bonds is 4. The molecule has 1 aromatic rings. The largest absolute Gasteiger partial charge is 0.359 e. The molecule has 0 bridgehead atoms. The topological polar surface area (TPSA) is 29.0 Å². The summed E-state index contributed by atoms with van der Waals surface area (Å²) < 4.78 is 0.762. The van der Waals surface area contributed by atoms with Crippen LogP contribution in [0.1, 0.15) is 20.3 Å². The predicted molar refractivity (Wildman–Crippen MR) is 67.5 cm³/mol. The van der Waals surface area contributed by atoms with E-state index in [1.807, 2.05) is 7.05 Å². The molecule has 0 saturated carbocycles. The molecular weight excluding hydrogens is 277 g/mol. The highest BCUT2D eigenvalue weighted by Gasteiger charge is 2.11. The van der Waals surface area contributed by atoms with Crippen molar-refractivity contribution >= 4 is 33.3 Å². The van der Waals surface area contributed by atoms with Crippen LogP contribution in [0.3, 0.4) is 0 Å². The SMILES string of the molecule is CC(C)CCN(C)c1ncnc(Cl)c1Br. The van der Waals surface area contributed by atoms with Crippen LogP contribution in [0.4, 0.5) is 5.82 Å². The summed E-state index contributed by atoms with van der Waals surface area (Å²) in [4.78, 5) is 10.2. The average molecular weight is 293 g/mol. The lowest BCUT2D eigenvalue weighted by Gasteiger charge is -2.20. The molecule has 0 atom stereocenters. The molecule has 0 N–H and O–H groups in total. The lowest BCUT2D eigenvalue weighted by molar-refractivity contribution is 0.583. The van der Waals surface area contributed by atoms with Crippen LogP contribution in [0.25, 0.3) is 0 Å². The van der Waals surface area contributed by atoms with Gasteiger partial charge in [-0.25, -0.2) is 9.97 Å². The maximum absolute atomic E-state index is 5.90. The van der Waals surface area contributed by atoms with Crippen molar-refractivity contribution in [3.63, 3.8) is 0 Å². The Bertz CT molecular complexity index is 330. The first-order chi connectivity index (χ1) is 7.02. The zero-order chi connectivity index (χ0) is 11.4. The van der Waals surface area contributed by atoms with E-state index in [0.29, 0.717) is 11.1 Å². The first kappa shape index (κ1) is 12.7. The molecule has 0 aliphatic carbocycles. The fraction of sp³-hybridized carbons (Fsp3) is 0.600. The first-order valence-electron chi connectivity index (χ1n) is 4.89. The van der Waals surface area contributed by atoms with Crippen LogP contribution in [-0.4, -0.2) is 23.6 Å². The summed E-state index contributed by atoms with van der Waals surface area (Å²) in [6.07, 6.45) is 2.61.